The summed E-state index contributed by atoms with van der Waals surface area (Å²) in [7, 11) is 0. The van der Waals surface area contributed by atoms with Crippen molar-refractivity contribution in [3.05, 3.63) is 0 Å². The van der Waals surface area contributed by atoms with Crippen molar-refractivity contribution < 1.29 is 5.11 Å². The van der Waals surface area contributed by atoms with Crippen LogP contribution in [0.5, 0.6) is 0 Å². The van der Waals surface area contributed by atoms with Crippen LogP contribution in [0.4, 0.5) is 0 Å². The minimum atomic E-state index is -0.256. The van der Waals surface area contributed by atoms with Crippen molar-refractivity contribution in [2.45, 2.75) is 39.3 Å². The fourth-order valence-corrected chi connectivity index (χ4v) is 3.04. The van der Waals surface area contributed by atoms with Crippen molar-refractivity contribution >= 4 is 0 Å². The molecule has 1 atom stereocenters. The van der Waals surface area contributed by atoms with Crippen molar-refractivity contribution in [3.63, 3.8) is 0 Å². The Kier molecular flexibility index (Phi) is 3.33. The van der Waals surface area contributed by atoms with Crippen LogP contribution in [0.15, 0.2) is 0 Å². The van der Waals surface area contributed by atoms with Gasteiger partial charge in [-0.1, -0.05) is 6.92 Å². The molecule has 1 N–H and O–H groups in total. The van der Waals surface area contributed by atoms with Crippen LogP contribution in [0.25, 0.3) is 0 Å². The summed E-state index contributed by atoms with van der Waals surface area (Å²) in [6.45, 7) is 10.0. The third-order valence-electron chi connectivity index (χ3n) is 4.36. The van der Waals surface area contributed by atoms with E-state index in [1.165, 1.54) is 38.9 Å². The van der Waals surface area contributed by atoms with Crippen LogP contribution >= 0.6 is 0 Å². The maximum absolute atomic E-state index is 9.58. The molecule has 15 heavy (non-hydrogen) atoms. The highest BCUT2D eigenvalue weighted by atomic mass is 16.3. The van der Waals surface area contributed by atoms with Crippen LogP contribution < -0.4 is 0 Å². The number of likely N-dealkylation sites (tertiary alicyclic amines) is 2. The topological polar surface area (TPSA) is 26.7 Å². The molecule has 0 amide bonds. The largest absolute Gasteiger partial charge is 0.379 e. The summed E-state index contributed by atoms with van der Waals surface area (Å²) in [4.78, 5) is 4.76. The molecule has 2 fully saturated rings. The Labute approximate surface area is 93.1 Å². The normalized spacial score (nSPS) is 29.8. The first-order valence-electron chi connectivity index (χ1n) is 6.30. The summed E-state index contributed by atoms with van der Waals surface area (Å²) in [6, 6.07) is 0. The SMILES string of the molecule is CCN1CCC2(CC1)CCN(C(C)O)C2. The molecule has 88 valence electrons. The van der Waals surface area contributed by atoms with Crippen molar-refractivity contribution in [1.29, 1.82) is 0 Å². The maximum Gasteiger partial charge on any atom is 0.104 e. The van der Waals surface area contributed by atoms with E-state index in [1.54, 1.807) is 0 Å². The van der Waals surface area contributed by atoms with Crippen LogP contribution in [-0.2, 0) is 0 Å². The van der Waals surface area contributed by atoms with Gasteiger partial charge in [-0.25, -0.2) is 0 Å². The van der Waals surface area contributed by atoms with Crippen LogP contribution in [-0.4, -0.2) is 53.9 Å². The van der Waals surface area contributed by atoms with Crippen LogP contribution in [0.3, 0.4) is 0 Å². The Balaban J connectivity index is 1.89. The summed E-state index contributed by atoms with van der Waals surface area (Å²) in [5.74, 6) is 0. The Morgan fingerprint density at radius 2 is 1.80 bits per heavy atom. The van der Waals surface area contributed by atoms with Crippen molar-refractivity contribution in [3.8, 4) is 0 Å². The molecule has 1 spiro atoms. The third-order valence-corrected chi connectivity index (χ3v) is 4.36. The summed E-state index contributed by atoms with van der Waals surface area (Å²) in [5, 5.41) is 9.58. The van der Waals surface area contributed by atoms with E-state index in [0.29, 0.717) is 5.41 Å². The molecule has 2 heterocycles. The standard InChI is InChI=1S/C12H24N2O/c1-3-13-7-4-12(5-8-13)6-9-14(10-12)11(2)15/h11,15H,3-10H2,1-2H3. The van der Waals surface area contributed by atoms with Gasteiger partial charge in [0, 0.05) is 13.1 Å². The molecule has 0 saturated carbocycles. The summed E-state index contributed by atoms with van der Waals surface area (Å²) >= 11 is 0. The minimum absolute atomic E-state index is 0.256. The molecule has 0 aliphatic carbocycles. The first kappa shape index (κ1) is 11.4. The van der Waals surface area contributed by atoms with E-state index in [0.717, 1.165) is 13.1 Å². The highest BCUT2D eigenvalue weighted by Gasteiger charge is 2.41. The fraction of sp³-hybridized carbons (Fsp3) is 1.00. The zero-order valence-corrected chi connectivity index (χ0v) is 10.1. The van der Waals surface area contributed by atoms with Crippen LogP contribution in [0, 0.1) is 5.41 Å². The lowest BCUT2D eigenvalue weighted by atomic mass is 9.78. The lowest BCUT2D eigenvalue weighted by molar-refractivity contribution is 0.0193. The van der Waals surface area contributed by atoms with E-state index >= 15 is 0 Å². The average molecular weight is 212 g/mol. The quantitative estimate of drug-likeness (QED) is 0.743. The maximum atomic E-state index is 9.58. The predicted octanol–water partition coefficient (Wildman–Crippen LogP) is 1.13. The zero-order chi connectivity index (χ0) is 10.9. The van der Waals surface area contributed by atoms with Gasteiger partial charge < -0.3 is 10.0 Å². The molecule has 0 aromatic heterocycles. The summed E-state index contributed by atoms with van der Waals surface area (Å²) in [6.07, 6.45) is 3.68. The van der Waals surface area contributed by atoms with Gasteiger partial charge in [0.05, 0.1) is 0 Å². The van der Waals surface area contributed by atoms with Gasteiger partial charge in [-0.3, -0.25) is 4.90 Å². The molecule has 2 saturated heterocycles. The summed E-state index contributed by atoms with van der Waals surface area (Å²) in [5.41, 5.74) is 0.530. The lowest BCUT2D eigenvalue weighted by Gasteiger charge is -2.39. The molecule has 2 rings (SSSR count). The Hall–Kier alpha value is -0.120. The second-order valence-electron chi connectivity index (χ2n) is 5.29. The molecule has 0 bridgehead atoms. The van der Waals surface area contributed by atoms with Gasteiger partial charge in [-0.15, -0.1) is 0 Å². The highest BCUT2D eigenvalue weighted by molar-refractivity contribution is 4.93. The van der Waals surface area contributed by atoms with Gasteiger partial charge in [-0.2, -0.15) is 0 Å². The number of piperidine rings is 1. The van der Waals surface area contributed by atoms with E-state index in [-0.39, 0.29) is 6.23 Å². The van der Waals surface area contributed by atoms with Gasteiger partial charge in [0.1, 0.15) is 6.23 Å². The molecular formula is C12H24N2O. The number of aliphatic hydroxyl groups is 1. The first-order valence-corrected chi connectivity index (χ1v) is 6.30. The number of nitrogens with zero attached hydrogens (tertiary/aromatic N) is 2. The molecule has 0 aromatic rings. The zero-order valence-electron chi connectivity index (χ0n) is 10.1. The lowest BCUT2D eigenvalue weighted by Crippen LogP contribution is -2.42. The number of hydrogen-bond donors (Lipinski definition) is 1. The Morgan fingerprint density at radius 3 is 2.27 bits per heavy atom. The molecule has 3 heteroatoms. The van der Waals surface area contributed by atoms with Crippen LogP contribution in [0.1, 0.15) is 33.1 Å². The average Bonchev–Trinajstić information content (AvgIpc) is 2.64. The Bertz CT molecular complexity index is 210. The molecule has 2 aliphatic rings. The van der Waals surface area contributed by atoms with Crippen molar-refractivity contribution in [1.82, 2.24) is 9.80 Å². The van der Waals surface area contributed by atoms with E-state index in [2.05, 4.69) is 16.7 Å². The second-order valence-corrected chi connectivity index (χ2v) is 5.29. The third kappa shape index (κ3) is 2.35. The van der Waals surface area contributed by atoms with Crippen LogP contribution in [0.2, 0.25) is 0 Å². The van der Waals surface area contributed by atoms with Crippen molar-refractivity contribution in [2.24, 2.45) is 5.41 Å². The molecule has 2 aliphatic heterocycles. The number of hydrogen-bond acceptors (Lipinski definition) is 3. The number of rotatable bonds is 2. The predicted molar refractivity (Wildman–Crippen MR) is 61.7 cm³/mol. The summed E-state index contributed by atoms with van der Waals surface area (Å²) < 4.78 is 0. The smallest absolute Gasteiger partial charge is 0.104 e. The van der Waals surface area contributed by atoms with Crippen molar-refractivity contribution in [2.75, 3.05) is 32.7 Å². The fourth-order valence-electron chi connectivity index (χ4n) is 3.04. The van der Waals surface area contributed by atoms with E-state index in [1.807, 2.05) is 6.92 Å². The Morgan fingerprint density at radius 1 is 1.20 bits per heavy atom. The van der Waals surface area contributed by atoms with E-state index in [4.69, 9.17) is 0 Å². The van der Waals surface area contributed by atoms with Gasteiger partial charge in [0.25, 0.3) is 0 Å². The molecule has 0 radical (unpaired) electrons. The molecule has 3 nitrogen and oxygen atoms in total. The molecular weight excluding hydrogens is 188 g/mol. The molecule has 1 unspecified atom stereocenters. The van der Waals surface area contributed by atoms with Gasteiger partial charge in [0.2, 0.25) is 0 Å². The number of aliphatic hydroxyl groups excluding tert-OH is 1. The second kappa shape index (κ2) is 4.40. The minimum Gasteiger partial charge on any atom is -0.379 e. The van der Waals surface area contributed by atoms with Gasteiger partial charge in [-0.05, 0) is 51.2 Å². The first-order chi connectivity index (χ1) is 7.15. The van der Waals surface area contributed by atoms with E-state index in [9.17, 15) is 5.11 Å². The van der Waals surface area contributed by atoms with Gasteiger partial charge >= 0.3 is 0 Å². The van der Waals surface area contributed by atoms with E-state index < -0.39 is 0 Å². The van der Waals surface area contributed by atoms with Gasteiger partial charge in [0.15, 0.2) is 0 Å². The molecule has 0 aromatic carbocycles. The monoisotopic (exact) mass is 212 g/mol. The highest BCUT2D eigenvalue weighted by Crippen LogP contribution is 2.40.